The summed E-state index contributed by atoms with van der Waals surface area (Å²) in [5, 5.41) is 7.78. The number of benzene rings is 10. The van der Waals surface area contributed by atoms with Crippen LogP contribution in [0.2, 0.25) is 0 Å². The van der Waals surface area contributed by atoms with Gasteiger partial charge in [-0.2, -0.15) is 0 Å². The fraction of sp³-hybridized carbons (Fsp3) is 0.143. The molecular formula is C63H51N. The van der Waals surface area contributed by atoms with Gasteiger partial charge in [0.1, 0.15) is 0 Å². The van der Waals surface area contributed by atoms with E-state index in [0.29, 0.717) is 5.92 Å². The molecule has 0 heterocycles. The molecule has 0 bridgehead atoms. The summed E-state index contributed by atoms with van der Waals surface area (Å²) in [6.45, 7) is 4.73. The van der Waals surface area contributed by atoms with Crippen LogP contribution in [-0.2, 0) is 5.41 Å². The fourth-order valence-electron chi connectivity index (χ4n) is 11.5. The first kappa shape index (κ1) is 38.5. The Morgan fingerprint density at radius 2 is 0.969 bits per heavy atom. The van der Waals surface area contributed by atoms with Gasteiger partial charge in [0.15, 0.2) is 0 Å². The van der Waals surface area contributed by atoms with Crippen LogP contribution in [-0.4, -0.2) is 0 Å². The van der Waals surface area contributed by atoms with Gasteiger partial charge in [-0.05, 0) is 131 Å². The Balaban J connectivity index is 1.05. The molecule has 1 fully saturated rings. The molecule has 10 aromatic rings. The number of para-hydroxylation sites is 2. The van der Waals surface area contributed by atoms with Gasteiger partial charge in [-0.1, -0.05) is 209 Å². The van der Waals surface area contributed by atoms with E-state index in [0.717, 1.165) is 17.1 Å². The quantitative estimate of drug-likeness (QED) is 0.145. The van der Waals surface area contributed by atoms with Gasteiger partial charge >= 0.3 is 0 Å². The number of hydrogen-bond acceptors (Lipinski definition) is 1. The van der Waals surface area contributed by atoms with Crippen LogP contribution in [0.15, 0.2) is 206 Å². The lowest BCUT2D eigenvalue weighted by Crippen LogP contribution is -2.14. The summed E-state index contributed by atoms with van der Waals surface area (Å²) in [6.07, 6.45) is 6.48. The number of rotatable bonds is 7. The van der Waals surface area contributed by atoms with Crippen LogP contribution in [0.5, 0.6) is 0 Å². The van der Waals surface area contributed by atoms with Crippen molar-refractivity contribution in [3.05, 3.63) is 223 Å². The molecule has 0 atom stereocenters. The molecule has 0 saturated heterocycles. The lowest BCUT2D eigenvalue weighted by molar-refractivity contribution is 0.445. The van der Waals surface area contributed by atoms with Crippen molar-refractivity contribution in [2.45, 2.75) is 57.3 Å². The van der Waals surface area contributed by atoms with Crippen LogP contribution >= 0.6 is 0 Å². The minimum Gasteiger partial charge on any atom is -0.309 e. The van der Waals surface area contributed by atoms with Gasteiger partial charge in [-0.15, -0.1) is 0 Å². The van der Waals surface area contributed by atoms with Crippen molar-refractivity contribution in [1.82, 2.24) is 0 Å². The highest BCUT2D eigenvalue weighted by Crippen LogP contribution is 2.51. The molecule has 64 heavy (non-hydrogen) atoms. The van der Waals surface area contributed by atoms with E-state index >= 15 is 0 Å². The van der Waals surface area contributed by atoms with Gasteiger partial charge in [-0.3, -0.25) is 0 Å². The molecule has 1 saturated carbocycles. The van der Waals surface area contributed by atoms with E-state index in [9.17, 15) is 0 Å². The summed E-state index contributed by atoms with van der Waals surface area (Å²) in [6, 6.07) is 77.5. The zero-order valence-corrected chi connectivity index (χ0v) is 36.7. The summed E-state index contributed by atoms with van der Waals surface area (Å²) >= 11 is 0. The third-order valence-corrected chi connectivity index (χ3v) is 14.7. The minimum absolute atomic E-state index is 0.0571. The summed E-state index contributed by atoms with van der Waals surface area (Å²) in [5.41, 5.74) is 17.8. The van der Waals surface area contributed by atoms with E-state index in [2.05, 4.69) is 225 Å². The molecule has 1 nitrogen and oxygen atoms in total. The van der Waals surface area contributed by atoms with Crippen molar-refractivity contribution >= 4 is 49.4 Å². The molecule has 2 aliphatic rings. The van der Waals surface area contributed by atoms with Crippen LogP contribution < -0.4 is 4.90 Å². The van der Waals surface area contributed by atoms with Gasteiger partial charge in [0.25, 0.3) is 0 Å². The van der Waals surface area contributed by atoms with Crippen molar-refractivity contribution in [2.75, 3.05) is 4.90 Å². The zero-order chi connectivity index (χ0) is 42.8. The van der Waals surface area contributed by atoms with E-state index in [1.807, 2.05) is 0 Å². The first-order valence-corrected chi connectivity index (χ1v) is 23.3. The maximum absolute atomic E-state index is 2.53. The third kappa shape index (κ3) is 6.28. The maximum atomic E-state index is 2.53. The van der Waals surface area contributed by atoms with Crippen LogP contribution in [0.25, 0.3) is 76.8 Å². The molecule has 1 heteroatoms. The van der Waals surface area contributed by atoms with E-state index < -0.39 is 0 Å². The van der Waals surface area contributed by atoms with Gasteiger partial charge in [-0.25, -0.2) is 0 Å². The van der Waals surface area contributed by atoms with Gasteiger partial charge in [0.05, 0.1) is 11.4 Å². The average molecular weight is 822 g/mol. The van der Waals surface area contributed by atoms with Crippen LogP contribution in [0, 0.1) is 0 Å². The zero-order valence-electron chi connectivity index (χ0n) is 36.7. The minimum atomic E-state index is -0.0571. The maximum Gasteiger partial charge on any atom is 0.0540 e. The normalized spacial score (nSPS) is 14.5. The predicted octanol–water partition coefficient (Wildman–Crippen LogP) is 18.0. The van der Waals surface area contributed by atoms with Crippen molar-refractivity contribution in [2.24, 2.45) is 0 Å². The van der Waals surface area contributed by atoms with Crippen LogP contribution in [0.1, 0.15) is 68.6 Å². The predicted molar refractivity (Wildman–Crippen MR) is 273 cm³/mol. The molecule has 10 aromatic carbocycles. The van der Waals surface area contributed by atoms with Gasteiger partial charge in [0, 0.05) is 22.2 Å². The van der Waals surface area contributed by atoms with Crippen molar-refractivity contribution < 1.29 is 0 Å². The molecule has 0 amide bonds. The molecule has 308 valence electrons. The number of nitrogens with zero attached hydrogens (tertiary/aromatic N) is 1. The lowest BCUT2D eigenvalue weighted by atomic mass is 9.80. The largest absolute Gasteiger partial charge is 0.309 e. The summed E-state index contributed by atoms with van der Waals surface area (Å²) in [5.74, 6) is 0.580. The van der Waals surface area contributed by atoms with E-state index in [4.69, 9.17) is 0 Å². The Bertz CT molecular complexity index is 3390. The smallest absolute Gasteiger partial charge is 0.0540 e. The SMILES string of the molecule is CC1(C)c2ccccc2-c2ccc(-c3ccc(N(c4ccccc4-c4cccc5c4ccc4ccccc45)c4ccccc4-c4cccc5cccc(C6CCCCC6)c45)cc3)cc21. The highest BCUT2D eigenvalue weighted by atomic mass is 15.1. The standard InChI is InChI=1S/C63H51N/c1-63(2)58-30-11-8-23-53(58)54-40-36-46(41-59(54)63)42-33-37-47(38-34-42)64(60-31-12-9-24-55(60)51-28-16-27-50-48-22-7-6-19-44(48)35-39-52(50)51)61-32-13-10-25-56(61)57-29-15-21-45-20-14-26-49(62(45)57)43-17-4-3-5-18-43/h6-16,19-41,43H,3-5,17-18H2,1-2H3. The van der Waals surface area contributed by atoms with Crippen molar-refractivity contribution in [1.29, 1.82) is 0 Å². The van der Waals surface area contributed by atoms with Crippen molar-refractivity contribution in [3.8, 4) is 44.5 Å². The molecule has 0 radical (unpaired) electrons. The first-order chi connectivity index (χ1) is 31.5. The van der Waals surface area contributed by atoms with E-state index in [1.165, 1.54) is 126 Å². The first-order valence-electron chi connectivity index (χ1n) is 23.3. The molecule has 0 aliphatic heterocycles. The summed E-state index contributed by atoms with van der Waals surface area (Å²) < 4.78 is 0. The summed E-state index contributed by atoms with van der Waals surface area (Å²) in [4.78, 5) is 2.53. The van der Waals surface area contributed by atoms with Crippen LogP contribution in [0.4, 0.5) is 17.1 Å². The Kier molecular flexibility index (Phi) is 9.34. The van der Waals surface area contributed by atoms with Gasteiger partial charge < -0.3 is 4.90 Å². The van der Waals surface area contributed by atoms with E-state index in [1.54, 1.807) is 0 Å². The third-order valence-electron chi connectivity index (χ3n) is 14.7. The molecular weight excluding hydrogens is 771 g/mol. The number of hydrogen-bond donors (Lipinski definition) is 0. The second-order valence-corrected chi connectivity index (χ2v) is 18.6. The average Bonchev–Trinajstić information content (AvgIpc) is 3.59. The molecule has 2 aliphatic carbocycles. The topological polar surface area (TPSA) is 3.24 Å². The molecule has 0 spiro atoms. The molecule has 0 aromatic heterocycles. The fourth-order valence-corrected chi connectivity index (χ4v) is 11.5. The Labute approximate surface area is 377 Å². The Morgan fingerprint density at radius 1 is 0.391 bits per heavy atom. The van der Waals surface area contributed by atoms with Gasteiger partial charge in [0.2, 0.25) is 0 Å². The van der Waals surface area contributed by atoms with E-state index in [-0.39, 0.29) is 5.41 Å². The van der Waals surface area contributed by atoms with Crippen LogP contribution in [0.3, 0.4) is 0 Å². The summed E-state index contributed by atoms with van der Waals surface area (Å²) in [7, 11) is 0. The molecule has 12 rings (SSSR count). The Morgan fingerprint density at radius 3 is 1.77 bits per heavy atom. The molecule has 0 unspecified atom stereocenters. The monoisotopic (exact) mass is 821 g/mol. The highest BCUT2D eigenvalue weighted by molar-refractivity contribution is 6.13. The second-order valence-electron chi connectivity index (χ2n) is 18.6. The Hall–Kier alpha value is -7.22. The lowest BCUT2D eigenvalue weighted by Gasteiger charge is -2.31. The number of anilines is 3. The highest BCUT2D eigenvalue weighted by Gasteiger charge is 2.35. The second kappa shape index (κ2) is 15.5. The van der Waals surface area contributed by atoms with Crippen molar-refractivity contribution in [3.63, 3.8) is 0 Å². The number of fused-ring (bicyclic) bond motifs is 7. The molecule has 0 N–H and O–H groups in total.